The van der Waals surface area contributed by atoms with Crippen LogP contribution in [0.3, 0.4) is 0 Å². The number of nitrogens with zero attached hydrogens (tertiary/aromatic N) is 6. The van der Waals surface area contributed by atoms with E-state index in [1.165, 1.54) is 0 Å². The fraction of sp³-hybridized carbons (Fsp3) is 0.625. The molecule has 1 amide bonds. The van der Waals surface area contributed by atoms with E-state index in [4.69, 9.17) is 4.52 Å². The van der Waals surface area contributed by atoms with Crippen molar-refractivity contribution in [1.29, 1.82) is 0 Å². The molecule has 1 saturated heterocycles. The molecule has 0 aliphatic carbocycles. The van der Waals surface area contributed by atoms with Gasteiger partial charge in [-0.3, -0.25) is 14.4 Å². The Morgan fingerprint density at radius 1 is 1.52 bits per heavy atom. The van der Waals surface area contributed by atoms with Gasteiger partial charge in [-0.2, -0.15) is 10.1 Å². The lowest BCUT2D eigenvalue weighted by molar-refractivity contribution is -0.131. The average molecular weight is 348 g/mol. The number of carbonyl (C=O) groups is 1. The maximum atomic E-state index is 12.0. The molecule has 1 N–H and O–H groups in total. The van der Waals surface area contributed by atoms with Crippen molar-refractivity contribution in [2.24, 2.45) is 0 Å². The first-order valence-corrected chi connectivity index (χ1v) is 8.45. The number of hydrogen-bond donors (Lipinski definition) is 1. The van der Waals surface area contributed by atoms with Crippen LogP contribution in [0.4, 0.5) is 0 Å². The molecule has 0 bridgehead atoms. The number of aliphatic hydroxyl groups excluding tert-OH is 1. The summed E-state index contributed by atoms with van der Waals surface area (Å²) >= 11 is 0. The minimum atomic E-state index is -0.496. The lowest BCUT2D eigenvalue weighted by Gasteiger charge is -2.27. The number of hydrogen-bond acceptors (Lipinski definition) is 7. The number of amides is 1. The van der Waals surface area contributed by atoms with Gasteiger partial charge < -0.3 is 14.5 Å². The zero-order chi connectivity index (χ0) is 17.8. The smallest absolute Gasteiger partial charge is 0.223 e. The Hall–Kier alpha value is -2.26. The molecule has 25 heavy (non-hydrogen) atoms. The first-order valence-electron chi connectivity index (χ1n) is 8.45. The van der Waals surface area contributed by atoms with Gasteiger partial charge in [0, 0.05) is 51.9 Å². The molecule has 136 valence electrons. The number of likely N-dealkylation sites (tertiary alicyclic amines) is 1. The highest BCUT2D eigenvalue weighted by Crippen LogP contribution is 2.18. The highest BCUT2D eigenvalue weighted by atomic mass is 16.5. The Morgan fingerprint density at radius 2 is 2.36 bits per heavy atom. The molecule has 1 aliphatic heterocycles. The van der Waals surface area contributed by atoms with Crippen LogP contribution in [0.5, 0.6) is 0 Å². The Balaban J connectivity index is 1.53. The van der Waals surface area contributed by atoms with Crippen molar-refractivity contribution in [3.8, 4) is 0 Å². The molecule has 1 aliphatic rings. The summed E-state index contributed by atoms with van der Waals surface area (Å²) in [4.78, 5) is 20.2. The third-order valence-electron chi connectivity index (χ3n) is 4.40. The van der Waals surface area contributed by atoms with Crippen LogP contribution in [-0.4, -0.2) is 72.5 Å². The molecule has 1 fully saturated rings. The summed E-state index contributed by atoms with van der Waals surface area (Å²) in [7, 11) is 0. The van der Waals surface area contributed by atoms with Crippen LogP contribution >= 0.6 is 0 Å². The third kappa shape index (κ3) is 4.64. The molecule has 2 aromatic rings. The van der Waals surface area contributed by atoms with Gasteiger partial charge in [0.1, 0.15) is 0 Å². The van der Waals surface area contributed by atoms with Crippen molar-refractivity contribution < 1.29 is 14.4 Å². The molecule has 2 unspecified atom stereocenters. The summed E-state index contributed by atoms with van der Waals surface area (Å²) in [5, 5.41) is 18.2. The van der Waals surface area contributed by atoms with Crippen LogP contribution in [0, 0.1) is 6.92 Å². The van der Waals surface area contributed by atoms with E-state index >= 15 is 0 Å². The van der Waals surface area contributed by atoms with E-state index in [-0.39, 0.29) is 11.9 Å². The zero-order valence-electron chi connectivity index (χ0n) is 14.6. The lowest BCUT2D eigenvalue weighted by Crippen LogP contribution is -2.41. The number of aliphatic hydroxyl groups is 1. The fourth-order valence-corrected chi connectivity index (χ4v) is 3.27. The monoisotopic (exact) mass is 348 g/mol. The van der Waals surface area contributed by atoms with Crippen LogP contribution < -0.4 is 0 Å². The van der Waals surface area contributed by atoms with Crippen LogP contribution in [0.2, 0.25) is 0 Å². The van der Waals surface area contributed by atoms with E-state index in [0.29, 0.717) is 31.3 Å². The largest absolute Gasteiger partial charge is 0.390 e. The molecular formula is C16H24N6O3. The predicted molar refractivity (Wildman–Crippen MR) is 88.3 cm³/mol. The summed E-state index contributed by atoms with van der Waals surface area (Å²) in [6.45, 7) is 6.23. The van der Waals surface area contributed by atoms with Gasteiger partial charge in [-0.25, -0.2) is 0 Å². The van der Waals surface area contributed by atoms with E-state index in [9.17, 15) is 9.90 Å². The van der Waals surface area contributed by atoms with E-state index in [1.807, 2.05) is 12.3 Å². The minimum absolute atomic E-state index is 0.00797. The molecule has 3 rings (SSSR count). The summed E-state index contributed by atoms with van der Waals surface area (Å²) in [5.74, 6) is 1.00. The predicted octanol–water partition coefficient (Wildman–Crippen LogP) is 0.0584. The average Bonchev–Trinajstić information content (AvgIpc) is 3.27. The number of carbonyl (C=O) groups excluding carboxylic acids is 1. The van der Waals surface area contributed by atoms with Crippen LogP contribution in [-0.2, 0) is 17.9 Å². The number of aryl methyl sites for hydroxylation is 1. The Bertz CT molecular complexity index is 686. The molecule has 0 radical (unpaired) electrons. The lowest BCUT2D eigenvalue weighted by atomic mass is 10.2. The zero-order valence-corrected chi connectivity index (χ0v) is 14.6. The van der Waals surface area contributed by atoms with Gasteiger partial charge in [-0.1, -0.05) is 5.16 Å². The SMILES string of the molecule is CC(=O)N(Cc1noc(C)n1)C1CCN(CC(O)Cn2cccn2)C1. The molecule has 2 aromatic heterocycles. The van der Waals surface area contributed by atoms with Gasteiger partial charge >= 0.3 is 0 Å². The van der Waals surface area contributed by atoms with Gasteiger partial charge in [-0.05, 0) is 12.5 Å². The molecule has 9 heteroatoms. The quantitative estimate of drug-likeness (QED) is 0.755. The van der Waals surface area contributed by atoms with Crippen molar-refractivity contribution in [2.75, 3.05) is 19.6 Å². The maximum Gasteiger partial charge on any atom is 0.223 e. The minimum Gasteiger partial charge on any atom is -0.390 e. The highest BCUT2D eigenvalue weighted by Gasteiger charge is 2.31. The molecule has 0 saturated carbocycles. The number of rotatable bonds is 7. The molecule has 0 spiro atoms. The second-order valence-corrected chi connectivity index (χ2v) is 6.46. The highest BCUT2D eigenvalue weighted by molar-refractivity contribution is 5.73. The van der Waals surface area contributed by atoms with Gasteiger partial charge in [-0.15, -0.1) is 0 Å². The van der Waals surface area contributed by atoms with Crippen LogP contribution in [0.1, 0.15) is 25.1 Å². The molecule has 0 aromatic carbocycles. The molecule has 3 heterocycles. The number of β-amino-alcohol motifs (C(OH)–C–C–N with tert-alkyl or cyclic N) is 1. The Kier molecular flexibility index (Phi) is 5.44. The van der Waals surface area contributed by atoms with Crippen LogP contribution in [0.15, 0.2) is 23.0 Å². The standard InChI is InChI=1S/C16H24N6O3/c1-12-18-16(19-25-12)11-22(13(2)23)14-4-7-20(8-14)9-15(24)10-21-6-3-5-17-21/h3,5-6,14-15,24H,4,7-11H2,1-2H3. The summed E-state index contributed by atoms with van der Waals surface area (Å²) in [5.41, 5.74) is 0. The fourth-order valence-electron chi connectivity index (χ4n) is 3.27. The van der Waals surface area contributed by atoms with Crippen molar-refractivity contribution in [1.82, 2.24) is 29.7 Å². The maximum absolute atomic E-state index is 12.0. The number of aromatic nitrogens is 4. The van der Waals surface area contributed by atoms with Crippen LogP contribution in [0.25, 0.3) is 0 Å². The summed E-state index contributed by atoms with van der Waals surface area (Å²) in [6.07, 6.45) is 3.90. The van der Waals surface area contributed by atoms with E-state index in [2.05, 4.69) is 20.1 Å². The first-order chi connectivity index (χ1) is 12.0. The van der Waals surface area contributed by atoms with Crippen molar-refractivity contribution in [3.63, 3.8) is 0 Å². The summed E-state index contributed by atoms with van der Waals surface area (Å²) in [6, 6.07) is 1.93. The Labute approximate surface area is 146 Å². The van der Waals surface area contributed by atoms with Crippen molar-refractivity contribution in [3.05, 3.63) is 30.2 Å². The van der Waals surface area contributed by atoms with Crippen molar-refractivity contribution in [2.45, 2.75) is 45.5 Å². The van der Waals surface area contributed by atoms with Gasteiger partial charge in [0.15, 0.2) is 5.82 Å². The molecule has 9 nitrogen and oxygen atoms in total. The third-order valence-corrected chi connectivity index (χ3v) is 4.40. The molecular weight excluding hydrogens is 324 g/mol. The van der Waals surface area contributed by atoms with Gasteiger partial charge in [0.05, 0.1) is 19.2 Å². The van der Waals surface area contributed by atoms with Gasteiger partial charge in [0.2, 0.25) is 11.8 Å². The van der Waals surface area contributed by atoms with E-state index in [1.54, 1.807) is 29.6 Å². The topological polar surface area (TPSA) is 101 Å². The first kappa shape index (κ1) is 17.6. The summed E-state index contributed by atoms with van der Waals surface area (Å²) < 4.78 is 6.70. The Morgan fingerprint density at radius 3 is 3.00 bits per heavy atom. The normalized spacial score (nSPS) is 19.2. The van der Waals surface area contributed by atoms with E-state index in [0.717, 1.165) is 19.5 Å². The van der Waals surface area contributed by atoms with Crippen molar-refractivity contribution >= 4 is 5.91 Å². The van der Waals surface area contributed by atoms with E-state index < -0.39 is 6.10 Å². The van der Waals surface area contributed by atoms with Gasteiger partial charge in [0.25, 0.3) is 0 Å². The second-order valence-electron chi connectivity index (χ2n) is 6.46. The molecule has 2 atom stereocenters. The second kappa shape index (κ2) is 7.75.